The second-order valence-electron chi connectivity index (χ2n) is 3.45. The van der Waals surface area contributed by atoms with Crippen molar-refractivity contribution in [1.29, 1.82) is 0 Å². The van der Waals surface area contributed by atoms with Crippen LogP contribution in [0.15, 0.2) is 0 Å². The molecule has 0 atom stereocenters. The lowest BCUT2D eigenvalue weighted by Crippen LogP contribution is -2.27. The molecule has 0 fully saturated rings. The van der Waals surface area contributed by atoms with Gasteiger partial charge in [0.1, 0.15) is 0 Å². The first kappa shape index (κ1) is 15.8. The Labute approximate surface area is 99.9 Å². The Balaban J connectivity index is 3.03. The zero-order valence-corrected chi connectivity index (χ0v) is 11.0. The largest absolute Gasteiger partial charge is 0.379 e. The van der Waals surface area contributed by atoms with Gasteiger partial charge in [0.15, 0.2) is 0 Å². The predicted molar refractivity (Wildman–Crippen MR) is 65.9 cm³/mol. The van der Waals surface area contributed by atoms with Crippen LogP contribution in [0.4, 0.5) is 0 Å². The van der Waals surface area contributed by atoms with Crippen molar-refractivity contribution in [3.8, 4) is 0 Å². The summed E-state index contributed by atoms with van der Waals surface area (Å²) in [5.74, 6) is 0. The van der Waals surface area contributed by atoms with Crippen LogP contribution in [0.2, 0.25) is 0 Å². The molecule has 0 saturated heterocycles. The average molecular weight is 233 g/mol. The second kappa shape index (κ2) is 12.9. The van der Waals surface area contributed by atoms with Gasteiger partial charge in [-0.1, -0.05) is 13.8 Å². The molecule has 98 valence electrons. The summed E-state index contributed by atoms with van der Waals surface area (Å²) in [5, 5.41) is 0. The van der Waals surface area contributed by atoms with E-state index in [0.29, 0.717) is 26.4 Å². The van der Waals surface area contributed by atoms with E-state index in [9.17, 15) is 0 Å². The Kier molecular flexibility index (Phi) is 12.8. The molecule has 0 bridgehead atoms. The summed E-state index contributed by atoms with van der Waals surface area (Å²) in [6.07, 6.45) is 0. The van der Waals surface area contributed by atoms with E-state index in [1.807, 2.05) is 6.92 Å². The van der Waals surface area contributed by atoms with Crippen LogP contribution in [0.25, 0.3) is 0 Å². The van der Waals surface area contributed by atoms with E-state index in [1.165, 1.54) is 0 Å². The van der Waals surface area contributed by atoms with E-state index in [4.69, 9.17) is 14.2 Å². The first-order chi connectivity index (χ1) is 7.85. The van der Waals surface area contributed by atoms with Crippen molar-refractivity contribution >= 4 is 0 Å². The summed E-state index contributed by atoms with van der Waals surface area (Å²) in [5.41, 5.74) is 0. The third kappa shape index (κ3) is 10.4. The Bertz CT molecular complexity index is 129. The lowest BCUT2D eigenvalue weighted by atomic mass is 10.5. The third-order valence-electron chi connectivity index (χ3n) is 2.39. The topological polar surface area (TPSA) is 30.9 Å². The fourth-order valence-electron chi connectivity index (χ4n) is 1.32. The highest BCUT2D eigenvalue weighted by atomic mass is 16.5. The standard InChI is InChI=1S/C12H27NO3/c1-4-13(5-2)7-8-15-11-12-16-10-9-14-6-3/h4-12H2,1-3H3. The molecule has 4 nitrogen and oxygen atoms in total. The predicted octanol–water partition coefficient (Wildman–Crippen LogP) is 1.40. The van der Waals surface area contributed by atoms with Crippen LogP contribution >= 0.6 is 0 Å². The van der Waals surface area contributed by atoms with Crippen LogP contribution < -0.4 is 0 Å². The zero-order chi connectivity index (χ0) is 12.1. The molecule has 0 heterocycles. The van der Waals surface area contributed by atoms with E-state index < -0.39 is 0 Å². The van der Waals surface area contributed by atoms with E-state index in [-0.39, 0.29) is 0 Å². The van der Waals surface area contributed by atoms with Gasteiger partial charge in [0, 0.05) is 13.2 Å². The maximum absolute atomic E-state index is 5.47. The monoisotopic (exact) mass is 233 g/mol. The summed E-state index contributed by atoms with van der Waals surface area (Å²) in [7, 11) is 0. The van der Waals surface area contributed by atoms with Crippen LogP contribution in [0.3, 0.4) is 0 Å². The molecular weight excluding hydrogens is 206 g/mol. The fraction of sp³-hybridized carbons (Fsp3) is 1.00. The number of hydrogen-bond donors (Lipinski definition) is 0. The normalized spacial score (nSPS) is 11.2. The smallest absolute Gasteiger partial charge is 0.0701 e. The number of nitrogens with zero attached hydrogens (tertiary/aromatic N) is 1. The molecule has 0 aliphatic carbocycles. The third-order valence-corrected chi connectivity index (χ3v) is 2.39. The van der Waals surface area contributed by atoms with Crippen molar-refractivity contribution in [3.63, 3.8) is 0 Å². The van der Waals surface area contributed by atoms with Crippen LogP contribution in [-0.4, -0.2) is 64.2 Å². The van der Waals surface area contributed by atoms with Gasteiger partial charge in [0.25, 0.3) is 0 Å². The lowest BCUT2D eigenvalue weighted by molar-refractivity contribution is 0.0131. The number of rotatable bonds is 12. The van der Waals surface area contributed by atoms with Gasteiger partial charge in [-0.25, -0.2) is 0 Å². The van der Waals surface area contributed by atoms with E-state index in [2.05, 4.69) is 18.7 Å². The lowest BCUT2D eigenvalue weighted by Gasteiger charge is -2.17. The van der Waals surface area contributed by atoms with Gasteiger partial charge in [-0.3, -0.25) is 0 Å². The van der Waals surface area contributed by atoms with Crippen molar-refractivity contribution in [2.45, 2.75) is 20.8 Å². The summed E-state index contributed by atoms with van der Waals surface area (Å²) in [4.78, 5) is 2.34. The number of ether oxygens (including phenoxy) is 3. The molecule has 0 N–H and O–H groups in total. The minimum Gasteiger partial charge on any atom is -0.379 e. The molecule has 16 heavy (non-hydrogen) atoms. The Hall–Kier alpha value is -0.160. The van der Waals surface area contributed by atoms with Crippen LogP contribution in [0, 0.1) is 0 Å². The average Bonchev–Trinajstić information content (AvgIpc) is 2.32. The van der Waals surface area contributed by atoms with Gasteiger partial charge < -0.3 is 19.1 Å². The Morgan fingerprint density at radius 2 is 1.19 bits per heavy atom. The van der Waals surface area contributed by atoms with Crippen molar-refractivity contribution in [3.05, 3.63) is 0 Å². The Morgan fingerprint density at radius 1 is 0.688 bits per heavy atom. The minimum atomic E-state index is 0.658. The first-order valence-corrected chi connectivity index (χ1v) is 6.30. The van der Waals surface area contributed by atoms with E-state index in [0.717, 1.165) is 32.8 Å². The van der Waals surface area contributed by atoms with Crippen LogP contribution in [0.1, 0.15) is 20.8 Å². The first-order valence-electron chi connectivity index (χ1n) is 6.30. The molecule has 0 rings (SSSR count). The molecule has 0 aromatic heterocycles. The van der Waals surface area contributed by atoms with Gasteiger partial charge in [-0.2, -0.15) is 0 Å². The molecule has 0 amide bonds. The maximum Gasteiger partial charge on any atom is 0.0701 e. The number of hydrogen-bond acceptors (Lipinski definition) is 4. The molecule has 0 aromatic carbocycles. The maximum atomic E-state index is 5.47. The molecule has 0 spiro atoms. The quantitative estimate of drug-likeness (QED) is 0.477. The number of likely N-dealkylation sites (N-methyl/N-ethyl adjacent to an activating group) is 1. The molecule has 0 aliphatic heterocycles. The van der Waals surface area contributed by atoms with Gasteiger partial charge in [0.2, 0.25) is 0 Å². The Morgan fingerprint density at radius 3 is 1.69 bits per heavy atom. The molecule has 0 saturated carbocycles. The molecule has 0 aliphatic rings. The summed E-state index contributed by atoms with van der Waals surface area (Å²) in [6.45, 7) is 13.7. The van der Waals surface area contributed by atoms with Crippen molar-refractivity contribution in [2.24, 2.45) is 0 Å². The zero-order valence-electron chi connectivity index (χ0n) is 11.0. The molecule has 4 heteroatoms. The summed E-state index contributed by atoms with van der Waals surface area (Å²) in [6, 6.07) is 0. The SMILES string of the molecule is CCOCCOCCOCCN(CC)CC. The van der Waals surface area contributed by atoms with Gasteiger partial charge in [-0.15, -0.1) is 0 Å². The summed E-state index contributed by atoms with van der Waals surface area (Å²) < 4.78 is 15.9. The second-order valence-corrected chi connectivity index (χ2v) is 3.45. The summed E-state index contributed by atoms with van der Waals surface area (Å²) >= 11 is 0. The molecule has 0 aromatic rings. The van der Waals surface area contributed by atoms with Crippen LogP contribution in [-0.2, 0) is 14.2 Å². The molecular formula is C12H27NO3. The fourth-order valence-corrected chi connectivity index (χ4v) is 1.32. The van der Waals surface area contributed by atoms with Gasteiger partial charge in [0.05, 0.1) is 33.0 Å². The molecule has 0 unspecified atom stereocenters. The van der Waals surface area contributed by atoms with Gasteiger partial charge in [-0.05, 0) is 20.0 Å². The van der Waals surface area contributed by atoms with E-state index >= 15 is 0 Å². The van der Waals surface area contributed by atoms with Crippen molar-refractivity contribution in [1.82, 2.24) is 4.90 Å². The van der Waals surface area contributed by atoms with Crippen LogP contribution in [0.5, 0.6) is 0 Å². The molecule has 0 radical (unpaired) electrons. The highest BCUT2D eigenvalue weighted by Crippen LogP contribution is 1.87. The van der Waals surface area contributed by atoms with Gasteiger partial charge >= 0.3 is 0 Å². The minimum absolute atomic E-state index is 0.658. The van der Waals surface area contributed by atoms with Crippen molar-refractivity contribution < 1.29 is 14.2 Å². The highest BCUT2D eigenvalue weighted by Gasteiger charge is 1.97. The van der Waals surface area contributed by atoms with Crippen molar-refractivity contribution in [2.75, 3.05) is 59.3 Å². The van der Waals surface area contributed by atoms with E-state index in [1.54, 1.807) is 0 Å². The highest BCUT2D eigenvalue weighted by molar-refractivity contribution is 4.49.